The van der Waals surface area contributed by atoms with E-state index in [1.54, 1.807) is 0 Å². The number of anilines is 1. The Hall–Kier alpha value is -3.33. The molecule has 0 radical (unpaired) electrons. The lowest BCUT2D eigenvalue weighted by molar-refractivity contribution is -0.118. The minimum absolute atomic E-state index is 0.0950. The summed E-state index contributed by atoms with van der Waals surface area (Å²) in [6, 6.07) is 15.4. The van der Waals surface area contributed by atoms with E-state index >= 15 is 0 Å². The maximum atomic E-state index is 12.4. The summed E-state index contributed by atoms with van der Waals surface area (Å²) in [5.41, 5.74) is 2.70. The van der Waals surface area contributed by atoms with E-state index in [1.807, 2.05) is 60.0 Å². The average molecular weight is 466 g/mol. The van der Waals surface area contributed by atoms with E-state index in [0.29, 0.717) is 29.9 Å². The summed E-state index contributed by atoms with van der Waals surface area (Å²) < 4.78 is 7.66. The number of hydrogen-bond acceptors (Lipinski definition) is 6. The van der Waals surface area contributed by atoms with Gasteiger partial charge in [0.15, 0.2) is 5.16 Å². The zero-order chi connectivity index (χ0) is 23.2. The number of nitrogens with zero attached hydrogens (tertiary/aromatic N) is 3. The summed E-state index contributed by atoms with van der Waals surface area (Å²) in [4.78, 5) is 23.8. The number of thioether (sulfide) groups is 1. The highest BCUT2D eigenvalue weighted by atomic mass is 32.2. The highest BCUT2D eigenvalue weighted by Gasteiger charge is 2.31. The van der Waals surface area contributed by atoms with Crippen molar-refractivity contribution in [3.05, 3.63) is 59.9 Å². The first-order valence-corrected chi connectivity index (χ1v) is 11.9. The van der Waals surface area contributed by atoms with E-state index in [-0.39, 0.29) is 17.6 Å². The van der Waals surface area contributed by atoms with E-state index < -0.39 is 0 Å². The number of aromatic nitrogens is 3. The topological polar surface area (TPSA) is 98.1 Å². The number of carbonyl (C=O) groups is 2. The molecule has 33 heavy (non-hydrogen) atoms. The molecule has 4 rings (SSSR count). The van der Waals surface area contributed by atoms with Crippen LogP contribution in [0.4, 0.5) is 5.69 Å². The van der Waals surface area contributed by atoms with Gasteiger partial charge in [-0.25, -0.2) is 0 Å². The van der Waals surface area contributed by atoms with Crippen molar-refractivity contribution in [2.75, 3.05) is 24.2 Å². The van der Waals surface area contributed by atoms with Gasteiger partial charge in [0.05, 0.1) is 18.0 Å². The molecule has 2 aromatic carbocycles. The summed E-state index contributed by atoms with van der Waals surface area (Å²) in [5, 5.41) is 15.1. The van der Waals surface area contributed by atoms with Crippen LogP contribution < -0.4 is 15.4 Å². The molecule has 0 saturated heterocycles. The molecular formula is C24H27N5O3S. The third-order valence-electron chi connectivity index (χ3n) is 5.04. The first-order chi connectivity index (χ1) is 16.0. The smallest absolute Gasteiger partial charge is 0.230 e. The van der Waals surface area contributed by atoms with Crippen molar-refractivity contribution in [3.8, 4) is 11.4 Å². The van der Waals surface area contributed by atoms with Gasteiger partial charge in [-0.1, -0.05) is 30.0 Å². The lowest BCUT2D eigenvalue weighted by Crippen LogP contribution is -2.29. The molecule has 3 aromatic rings. The van der Waals surface area contributed by atoms with Gasteiger partial charge in [0, 0.05) is 18.5 Å². The Balaban J connectivity index is 1.35. The third-order valence-corrected chi connectivity index (χ3v) is 5.97. The highest BCUT2D eigenvalue weighted by molar-refractivity contribution is 7.99. The molecule has 1 aromatic heterocycles. The van der Waals surface area contributed by atoms with Crippen molar-refractivity contribution < 1.29 is 14.3 Å². The van der Waals surface area contributed by atoms with E-state index in [2.05, 4.69) is 20.8 Å². The Labute approximate surface area is 197 Å². The number of hydrogen-bond donors (Lipinski definition) is 2. The number of nitrogens with one attached hydrogen (secondary N) is 2. The van der Waals surface area contributed by atoms with Gasteiger partial charge >= 0.3 is 0 Å². The average Bonchev–Trinajstić information content (AvgIpc) is 3.54. The van der Waals surface area contributed by atoms with Gasteiger partial charge < -0.3 is 15.4 Å². The molecule has 0 unspecified atom stereocenters. The van der Waals surface area contributed by atoms with Gasteiger partial charge in [0.1, 0.15) is 18.2 Å². The molecule has 1 fully saturated rings. The molecule has 2 N–H and O–H groups in total. The van der Waals surface area contributed by atoms with Gasteiger partial charge in [-0.05, 0) is 55.7 Å². The number of benzene rings is 2. The predicted molar refractivity (Wildman–Crippen MR) is 128 cm³/mol. The summed E-state index contributed by atoms with van der Waals surface area (Å²) >= 11 is 1.34. The van der Waals surface area contributed by atoms with Crippen molar-refractivity contribution in [2.45, 2.75) is 37.8 Å². The zero-order valence-electron chi connectivity index (χ0n) is 18.7. The number of aryl methyl sites for hydroxylation is 1. The molecule has 0 atom stereocenters. The standard InChI is InChI=1S/C24H27N5O3S/c1-16-5-3-8-21(13-16)32-12-11-25-22(31)15-33-24-28-27-23(18-9-10-18)29(24)20-7-4-6-19(14-20)26-17(2)30/h3-8,13-14,18H,9-12,15H2,1-2H3,(H,25,31)(H,26,30). The first-order valence-electron chi connectivity index (χ1n) is 10.9. The van der Waals surface area contributed by atoms with Crippen LogP contribution in [0.15, 0.2) is 53.7 Å². The molecule has 8 nitrogen and oxygen atoms in total. The minimum Gasteiger partial charge on any atom is -0.492 e. The lowest BCUT2D eigenvalue weighted by Gasteiger charge is -2.12. The maximum Gasteiger partial charge on any atom is 0.230 e. The molecule has 0 spiro atoms. The fourth-order valence-corrected chi connectivity index (χ4v) is 4.18. The molecule has 172 valence electrons. The van der Waals surface area contributed by atoms with E-state index in [4.69, 9.17) is 4.74 Å². The summed E-state index contributed by atoms with van der Waals surface area (Å²) in [6.07, 6.45) is 2.16. The Morgan fingerprint density at radius 3 is 2.73 bits per heavy atom. The van der Waals surface area contributed by atoms with Crippen molar-refractivity contribution >= 4 is 29.3 Å². The van der Waals surface area contributed by atoms with Crippen molar-refractivity contribution in [2.24, 2.45) is 0 Å². The van der Waals surface area contributed by atoms with Crippen LogP contribution >= 0.6 is 11.8 Å². The van der Waals surface area contributed by atoms with E-state index in [0.717, 1.165) is 35.7 Å². The summed E-state index contributed by atoms with van der Waals surface area (Å²) in [7, 11) is 0. The SMILES string of the molecule is CC(=O)Nc1cccc(-n2c(SCC(=O)NCCOc3cccc(C)c3)nnc2C2CC2)c1. The minimum atomic E-state index is -0.129. The van der Waals surface area contributed by atoms with Crippen LogP contribution in [0.5, 0.6) is 5.75 Å². The second-order valence-corrected chi connectivity index (χ2v) is 8.93. The molecule has 0 bridgehead atoms. The van der Waals surface area contributed by atoms with Gasteiger partial charge in [-0.3, -0.25) is 14.2 Å². The van der Waals surface area contributed by atoms with Crippen LogP contribution in [0.25, 0.3) is 5.69 Å². The monoisotopic (exact) mass is 465 g/mol. The van der Waals surface area contributed by atoms with Crippen molar-refractivity contribution in [1.82, 2.24) is 20.1 Å². The van der Waals surface area contributed by atoms with E-state index in [1.165, 1.54) is 18.7 Å². The Kier molecular flexibility index (Phi) is 7.29. The normalized spacial score (nSPS) is 12.9. The Morgan fingerprint density at radius 2 is 1.97 bits per heavy atom. The van der Waals surface area contributed by atoms with E-state index in [9.17, 15) is 9.59 Å². The van der Waals surface area contributed by atoms with Crippen molar-refractivity contribution in [3.63, 3.8) is 0 Å². The zero-order valence-corrected chi connectivity index (χ0v) is 19.5. The van der Waals surface area contributed by atoms with Crippen LogP contribution in [-0.4, -0.2) is 45.5 Å². The summed E-state index contributed by atoms with van der Waals surface area (Å²) in [5.74, 6) is 2.06. The Morgan fingerprint density at radius 1 is 1.15 bits per heavy atom. The molecular weight excluding hydrogens is 438 g/mol. The largest absolute Gasteiger partial charge is 0.492 e. The van der Waals surface area contributed by atoms with Crippen LogP contribution in [0.1, 0.15) is 37.1 Å². The fourth-order valence-electron chi connectivity index (χ4n) is 3.39. The third kappa shape index (κ3) is 6.35. The number of ether oxygens (including phenoxy) is 1. The molecule has 2 amide bonds. The van der Waals surface area contributed by atoms with Crippen LogP contribution in [0.3, 0.4) is 0 Å². The molecule has 1 heterocycles. The van der Waals surface area contributed by atoms with Gasteiger partial charge in [0.2, 0.25) is 11.8 Å². The number of rotatable bonds is 10. The van der Waals surface area contributed by atoms with Gasteiger partial charge in [-0.15, -0.1) is 10.2 Å². The molecule has 9 heteroatoms. The quantitative estimate of drug-likeness (QED) is 0.350. The molecule has 1 aliphatic carbocycles. The maximum absolute atomic E-state index is 12.4. The highest BCUT2D eigenvalue weighted by Crippen LogP contribution is 2.41. The predicted octanol–water partition coefficient (Wildman–Crippen LogP) is 3.70. The Bertz CT molecular complexity index is 1140. The van der Waals surface area contributed by atoms with Crippen LogP contribution in [0, 0.1) is 6.92 Å². The second kappa shape index (κ2) is 10.5. The molecule has 1 aliphatic rings. The summed E-state index contributed by atoms with van der Waals surface area (Å²) in [6.45, 7) is 4.31. The van der Waals surface area contributed by atoms with Gasteiger partial charge in [0.25, 0.3) is 0 Å². The molecule has 1 saturated carbocycles. The number of carbonyl (C=O) groups excluding carboxylic acids is 2. The lowest BCUT2D eigenvalue weighted by atomic mass is 10.2. The van der Waals surface area contributed by atoms with Gasteiger partial charge in [-0.2, -0.15) is 0 Å². The fraction of sp³-hybridized carbons (Fsp3) is 0.333. The van der Waals surface area contributed by atoms with Crippen LogP contribution in [0.2, 0.25) is 0 Å². The second-order valence-electron chi connectivity index (χ2n) is 7.99. The molecule has 0 aliphatic heterocycles. The van der Waals surface area contributed by atoms with Crippen LogP contribution in [-0.2, 0) is 9.59 Å². The number of amides is 2. The van der Waals surface area contributed by atoms with Crippen molar-refractivity contribution in [1.29, 1.82) is 0 Å². The first kappa shape index (κ1) is 22.8.